The average molecular weight is 363 g/mol. The molecule has 3 aromatic rings. The third-order valence-corrected chi connectivity index (χ3v) is 4.37. The van der Waals surface area contributed by atoms with Gasteiger partial charge in [0.05, 0.1) is 25.0 Å². The van der Waals surface area contributed by atoms with Crippen LogP contribution in [0.3, 0.4) is 0 Å². The molecule has 0 bridgehead atoms. The van der Waals surface area contributed by atoms with Crippen molar-refractivity contribution in [1.29, 1.82) is 0 Å². The second-order valence-corrected chi connectivity index (χ2v) is 6.01. The Bertz CT molecular complexity index is 1010. The van der Waals surface area contributed by atoms with Crippen LogP contribution in [0.2, 0.25) is 0 Å². The Labute approximate surface area is 157 Å². The highest BCUT2D eigenvalue weighted by Gasteiger charge is 2.22. The summed E-state index contributed by atoms with van der Waals surface area (Å²) >= 11 is 0. The van der Waals surface area contributed by atoms with Gasteiger partial charge >= 0.3 is 11.9 Å². The number of fused-ring (bicyclic) bond motifs is 1. The first-order valence-corrected chi connectivity index (χ1v) is 8.87. The second kappa shape index (κ2) is 7.99. The lowest BCUT2D eigenvalue weighted by atomic mass is 9.97. The Hall–Kier alpha value is -3.21. The molecule has 0 N–H and O–H groups in total. The molecule has 0 spiro atoms. The molecule has 0 aliphatic heterocycles. The second-order valence-electron chi connectivity index (χ2n) is 6.01. The largest absolute Gasteiger partial charge is 0.465 e. The molecule has 27 heavy (non-hydrogen) atoms. The van der Waals surface area contributed by atoms with Crippen LogP contribution >= 0.6 is 0 Å². The Morgan fingerprint density at radius 2 is 1.70 bits per heavy atom. The normalized spacial score (nSPS) is 10.6. The Morgan fingerprint density at radius 1 is 0.963 bits per heavy atom. The number of hydrogen-bond acceptors (Lipinski definition) is 5. The maximum atomic E-state index is 12.5. The van der Waals surface area contributed by atoms with Crippen LogP contribution in [-0.4, -0.2) is 30.6 Å². The van der Waals surface area contributed by atoms with Crippen LogP contribution in [0.4, 0.5) is 0 Å². The van der Waals surface area contributed by atoms with Gasteiger partial charge in [0.1, 0.15) is 0 Å². The van der Waals surface area contributed by atoms with E-state index in [1.165, 1.54) is 7.11 Å². The SMILES string of the molecule is CCOC(=O)c1nc(CC)c(C(=O)OC)cc1-c1ccc2ccccc2c1. The predicted molar refractivity (Wildman–Crippen MR) is 104 cm³/mol. The highest BCUT2D eigenvalue weighted by Crippen LogP contribution is 2.29. The summed E-state index contributed by atoms with van der Waals surface area (Å²) in [6.07, 6.45) is 0.495. The molecule has 0 aliphatic carbocycles. The molecule has 0 radical (unpaired) electrons. The first-order valence-electron chi connectivity index (χ1n) is 8.87. The predicted octanol–water partition coefficient (Wildman–Crippen LogP) is 4.43. The molecule has 2 aromatic carbocycles. The Kier molecular flexibility index (Phi) is 5.50. The number of carbonyl (C=O) groups excluding carboxylic acids is 2. The van der Waals surface area contributed by atoms with Crippen molar-refractivity contribution < 1.29 is 19.1 Å². The van der Waals surface area contributed by atoms with Gasteiger partial charge in [0.2, 0.25) is 0 Å². The summed E-state index contributed by atoms with van der Waals surface area (Å²) in [6.45, 7) is 3.87. The molecule has 5 nitrogen and oxygen atoms in total. The maximum Gasteiger partial charge on any atom is 0.357 e. The molecule has 0 fully saturated rings. The molecule has 5 heteroatoms. The summed E-state index contributed by atoms with van der Waals surface area (Å²) in [6, 6.07) is 15.5. The van der Waals surface area contributed by atoms with Crippen molar-refractivity contribution >= 4 is 22.7 Å². The van der Waals surface area contributed by atoms with E-state index in [0.29, 0.717) is 23.2 Å². The fraction of sp³-hybridized carbons (Fsp3) is 0.227. The van der Waals surface area contributed by atoms with Crippen LogP contribution in [-0.2, 0) is 15.9 Å². The van der Waals surface area contributed by atoms with E-state index in [9.17, 15) is 9.59 Å². The average Bonchev–Trinajstić information content (AvgIpc) is 2.72. The number of pyridine rings is 1. The van der Waals surface area contributed by atoms with E-state index in [1.807, 2.05) is 49.4 Å². The van der Waals surface area contributed by atoms with Gasteiger partial charge in [0.15, 0.2) is 5.69 Å². The summed E-state index contributed by atoms with van der Waals surface area (Å²) < 4.78 is 10.1. The topological polar surface area (TPSA) is 65.5 Å². The highest BCUT2D eigenvalue weighted by molar-refractivity contribution is 6.00. The van der Waals surface area contributed by atoms with E-state index in [1.54, 1.807) is 13.0 Å². The molecule has 0 saturated carbocycles. The number of ether oxygens (including phenoxy) is 2. The van der Waals surface area contributed by atoms with Crippen molar-refractivity contribution in [2.75, 3.05) is 13.7 Å². The van der Waals surface area contributed by atoms with Crippen LogP contribution in [0.5, 0.6) is 0 Å². The minimum absolute atomic E-state index is 0.205. The molecule has 1 heterocycles. The summed E-state index contributed by atoms with van der Waals surface area (Å²) in [4.78, 5) is 29.2. The van der Waals surface area contributed by atoms with Gasteiger partial charge in [-0.25, -0.2) is 14.6 Å². The summed E-state index contributed by atoms with van der Waals surface area (Å²) in [7, 11) is 1.33. The van der Waals surface area contributed by atoms with Crippen LogP contribution in [0, 0.1) is 0 Å². The van der Waals surface area contributed by atoms with Crippen molar-refractivity contribution in [2.24, 2.45) is 0 Å². The van der Waals surface area contributed by atoms with Gasteiger partial charge in [-0.15, -0.1) is 0 Å². The smallest absolute Gasteiger partial charge is 0.357 e. The van der Waals surface area contributed by atoms with Gasteiger partial charge in [0, 0.05) is 5.56 Å². The van der Waals surface area contributed by atoms with Crippen LogP contribution in [0.25, 0.3) is 21.9 Å². The molecule has 3 rings (SSSR count). The third kappa shape index (κ3) is 3.67. The summed E-state index contributed by atoms with van der Waals surface area (Å²) in [5.74, 6) is -0.983. The molecule has 0 saturated heterocycles. The van der Waals surface area contributed by atoms with Crippen LogP contribution in [0.1, 0.15) is 40.4 Å². The van der Waals surface area contributed by atoms with Crippen LogP contribution in [0.15, 0.2) is 48.5 Å². The van der Waals surface area contributed by atoms with Crippen molar-refractivity contribution in [3.63, 3.8) is 0 Å². The number of aromatic nitrogens is 1. The van der Waals surface area contributed by atoms with Crippen molar-refractivity contribution in [3.8, 4) is 11.1 Å². The molecule has 0 aliphatic rings. The fourth-order valence-corrected chi connectivity index (χ4v) is 3.04. The number of rotatable bonds is 5. The molecule has 0 atom stereocenters. The van der Waals surface area contributed by atoms with E-state index in [4.69, 9.17) is 9.47 Å². The first kappa shape index (κ1) is 18.6. The number of nitrogens with zero attached hydrogens (tertiary/aromatic N) is 1. The summed E-state index contributed by atoms with van der Waals surface area (Å²) in [5, 5.41) is 2.12. The zero-order chi connectivity index (χ0) is 19.4. The lowest BCUT2D eigenvalue weighted by molar-refractivity contribution is 0.0517. The van der Waals surface area contributed by atoms with Gasteiger partial charge in [-0.2, -0.15) is 0 Å². The van der Waals surface area contributed by atoms with E-state index in [0.717, 1.165) is 16.3 Å². The van der Waals surface area contributed by atoms with Gasteiger partial charge in [-0.05, 0) is 41.8 Å². The summed E-state index contributed by atoms with van der Waals surface area (Å²) in [5.41, 5.74) is 2.41. The molecule has 0 amide bonds. The van der Waals surface area contributed by atoms with Crippen molar-refractivity contribution in [3.05, 3.63) is 65.5 Å². The fourth-order valence-electron chi connectivity index (χ4n) is 3.04. The highest BCUT2D eigenvalue weighted by atomic mass is 16.5. The van der Waals surface area contributed by atoms with Crippen LogP contribution < -0.4 is 0 Å². The Morgan fingerprint density at radius 3 is 2.37 bits per heavy atom. The zero-order valence-corrected chi connectivity index (χ0v) is 15.6. The zero-order valence-electron chi connectivity index (χ0n) is 15.6. The maximum absolute atomic E-state index is 12.5. The number of esters is 2. The van der Waals surface area contributed by atoms with E-state index in [2.05, 4.69) is 4.98 Å². The molecule has 0 unspecified atom stereocenters. The third-order valence-electron chi connectivity index (χ3n) is 4.37. The van der Waals surface area contributed by atoms with Crippen molar-refractivity contribution in [1.82, 2.24) is 4.98 Å². The molecular weight excluding hydrogens is 342 g/mol. The number of carbonyl (C=O) groups is 2. The molecule has 138 valence electrons. The lowest BCUT2D eigenvalue weighted by Gasteiger charge is -2.14. The number of methoxy groups -OCH3 is 1. The monoisotopic (exact) mass is 363 g/mol. The standard InChI is InChI=1S/C22H21NO4/c1-4-19-18(21(24)26-3)13-17(20(23-19)22(25)27-5-2)16-11-10-14-8-6-7-9-15(14)12-16/h6-13H,4-5H2,1-3H3. The van der Waals surface area contributed by atoms with Gasteiger partial charge < -0.3 is 9.47 Å². The van der Waals surface area contributed by atoms with E-state index in [-0.39, 0.29) is 12.3 Å². The van der Waals surface area contributed by atoms with E-state index < -0.39 is 11.9 Å². The molecular formula is C22H21NO4. The van der Waals surface area contributed by atoms with Gasteiger partial charge in [-0.3, -0.25) is 0 Å². The molecule has 1 aromatic heterocycles. The van der Waals surface area contributed by atoms with Gasteiger partial charge in [0.25, 0.3) is 0 Å². The minimum Gasteiger partial charge on any atom is -0.465 e. The number of aryl methyl sites for hydroxylation is 1. The minimum atomic E-state index is -0.508. The van der Waals surface area contributed by atoms with Crippen molar-refractivity contribution in [2.45, 2.75) is 20.3 Å². The van der Waals surface area contributed by atoms with Gasteiger partial charge in [-0.1, -0.05) is 43.3 Å². The number of benzene rings is 2. The first-order chi connectivity index (χ1) is 13.1. The lowest BCUT2D eigenvalue weighted by Crippen LogP contribution is -2.15. The van der Waals surface area contributed by atoms with E-state index >= 15 is 0 Å². The number of hydrogen-bond donors (Lipinski definition) is 0. The Balaban J connectivity index is 2.26. The quantitative estimate of drug-likeness (QED) is 0.628.